The number of nitrogen functional groups attached to an aromatic ring is 1. The van der Waals surface area contributed by atoms with Crippen molar-refractivity contribution < 1.29 is 0 Å². The maximum atomic E-state index is 5.68. The number of fused-ring (bicyclic) bond motifs is 1. The Balaban J connectivity index is 0.000000720. The Bertz CT molecular complexity index is 397. The third-order valence-electron chi connectivity index (χ3n) is 1.70. The van der Waals surface area contributed by atoms with Crippen LogP contribution in [0.1, 0.15) is 0 Å². The van der Waals surface area contributed by atoms with Gasteiger partial charge < -0.3 is 10.7 Å². The Morgan fingerprint density at radius 2 is 2.00 bits per heavy atom. The number of aromatic amines is 1. The van der Waals surface area contributed by atoms with Gasteiger partial charge >= 0.3 is 0 Å². The molecule has 0 aliphatic rings. The van der Waals surface area contributed by atoms with E-state index >= 15 is 0 Å². The predicted octanol–water partition coefficient (Wildman–Crippen LogP) is 2.93. The highest BCUT2D eigenvalue weighted by atomic mass is 79.9. The van der Waals surface area contributed by atoms with Crippen LogP contribution in [-0.4, -0.2) is 4.98 Å². The Kier molecular flexibility index (Phi) is 2.65. The normalized spacial score (nSPS) is 9.75. The van der Waals surface area contributed by atoms with Crippen molar-refractivity contribution in [3.8, 4) is 0 Å². The molecule has 0 radical (unpaired) electrons. The smallest absolute Gasteiger partial charge is 0.0498 e. The van der Waals surface area contributed by atoms with Crippen molar-refractivity contribution in [3.05, 3.63) is 28.9 Å². The highest BCUT2D eigenvalue weighted by molar-refractivity contribution is 9.10. The highest BCUT2D eigenvalue weighted by Crippen LogP contribution is 2.28. The first kappa shape index (κ1) is 9.42. The molecule has 0 aliphatic heterocycles. The predicted molar refractivity (Wildman–Crippen MR) is 57.7 cm³/mol. The highest BCUT2D eigenvalue weighted by Gasteiger charge is 2.01. The lowest BCUT2D eigenvalue weighted by Gasteiger charge is -1.97. The van der Waals surface area contributed by atoms with Crippen molar-refractivity contribution in [1.29, 1.82) is 0 Å². The van der Waals surface area contributed by atoms with Crippen LogP contribution >= 0.6 is 28.3 Å². The van der Waals surface area contributed by atoms with E-state index in [4.69, 9.17) is 5.73 Å². The topological polar surface area (TPSA) is 41.8 Å². The fourth-order valence-corrected chi connectivity index (χ4v) is 1.59. The Morgan fingerprint density at radius 1 is 1.25 bits per heavy atom. The van der Waals surface area contributed by atoms with Crippen LogP contribution in [0.3, 0.4) is 0 Å². The molecule has 1 aromatic heterocycles. The quantitative estimate of drug-likeness (QED) is 0.691. The molecule has 0 atom stereocenters. The molecule has 0 unspecified atom stereocenters. The molecule has 0 saturated heterocycles. The number of halogens is 2. The van der Waals surface area contributed by atoms with Gasteiger partial charge in [0.05, 0.1) is 0 Å². The molecule has 0 fully saturated rings. The maximum absolute atomic E-state index is 5.68. The van der Waals surface area contributed by atoms with Gasteiger partial charge in [-0.25, -0.2) is 0 Å². The second-order valence-electron chi connectivity index (χ2n) is 2.41. The van der Waals surface area contributed by atoms with E-state index in [1.54, 1.807) is 0 Å². The first-order chi connectivity index (χ1) is 5.29. The molecule has 3 N–H and O–H groups in total. The summed E-state index contributed by atoms with van der Waals surface area (Å²) < 4.78 is 0.969. The monoisotopic (exact) mass is 246 g/mol. The molecular formula is C8H8BrClN2. The van der Waals surface area contributed by atoms with E-state index in [9.17, 15) is 0 Å². The van der Waals surface area contributed by atoms with Gasteiger partial charge in [0.25, 0.3) is 0 Å². The summed E-state index contributed by atoms with van der Waals surface area (Å²) in [4.78, 5) is 3.10. The number of hydrogen-bond donors (Lipinski definition) is 2. The lowest BCUT2D eigenvalue weighted by molar-refractivity contribution is 1.48. The summed E-state index contributed by atoms with van der Waals surface area (Å²) in [7, 11) is 0. The molecule has 64 valence electrons. The molecule has 0 amide bonds. The first-order valence-corrected chi connectivity index (χ1v) is 4.09. The number of hydrogen-bond acceptors (Lipinski definition) is 1. The average molecular weight is 248 g/mol. The molecule has 0 aliphatic carbocycles. The zero-order valence-corrected chi connectivity index (χ0v) is 8.58. The van der Waals surface area contributed by atoms with Crippen LogP contribution in [0.2, 0.25) is 0 Å². The van der Waals surface area contributed by atoms with Gasteiger partial charge in [-0.15, -0.1) is 12.4 Å². The van der Waals surface area contributed by atoms with Crippen molar-refractivity contribution in [2.45, 2.75) is 0 Å². The van der Waals surface area contributed by atoms with Crippen LogP contribution in [0, 0.1) is 0 Å². The largest absolute Gasteiger partial charge is 0.398 e. The van der Waals surface area contributed by atoms with Crippen LogP contribution in [0.15, 0.2) is 28.9 Å². The van der Waals surface area contributed by atoms with Gasteiger partial charge in [0.1, 0.15) is 0 Å². The lowest BCUT2D eigenvalue weighted by Crippen LogP contribution is -1.85. The molecule has 12 heavy (non-hydrogen) atoms. The minimum Gasteiger partial charge on any atom is -0.398 e. The Labute approximate surface area is 84.7 Å². The lowest BCUT2D eigenvalue weighted by atomic mass is 10.2. The van der Waals surface area contributed by atoms with E-state index in [1.807, 2.05) is 24.4 Å². The van der Waals surface area contributed by atoms with Crippen LogP contribution < -0.4 is 5.73 Å². The van der Waals surface area contributed by atoms with Gasteiger partial charge in [0.2, 0.25) is 0 Å². The van der Waals surface area contributed by atoms with Crippen LogP contribution in [0.25, 0.3) is 10.9 Å². The molecule has 2 aromatic rings. The second kappa shape index (κ2) is 3.37. The van der Waals surface area contributed by atoms with Gasteiger partial charge in [0.15, 0.2) is 0 Å². The molecular weight excluding hydrogens is 239 g/mol. The molecule has 2 rings (SSSR count). The second-order valence-corrected chi connectivity index (χ2v) is 3.20. The molecule has 4 heteroatoms. The number of nitrogens with one attached hydrogen (secondary N) is 1. The van der Waals surface area contributed by atoms with E-state index < -0.39 is 0 Å². The summed E-state index contributed by atoms with van der Waals surface area (Å²) in [5.41, 5.74) is 7.56. The minimum absolute atomic E-state index is 0. The Morgan fingerprint density at radius 3 is 2.75 bits per heavy atom. The first-order valence-electron chi connectivity index (χ1n) is 3.30. The van der Waals surface area contributed by atoms with Crippen LogP contribution in [0.5, 0.6) is 0 Å². The molecule has 0 spiro atoms. The summed E-state index contributed by atoms with van der Waals surface area (Å²) >= 11 is 3.41. The Hall–Kier alpha value is -0.670. The van der Waals surface area contributed by atoms with Gasteiger partial charge in [-0.2, -0.15) is 0 Å². The minimum atomic E-state index is 0. The van der Waals surface area contributed by atoms with Gasteiger partial charge in [0, 0.05) is 27.3 Å². The molecule has 0 bridgehead atoms. The zero-order valence-electron chi connectivity index (χ0n) is 6.17. The number of aromatic nitrogens is 1. The summed E-state index contributed by atoms with van der Waals surface area (Å²) in [6, 6.07) is 5.84. The number of benzene rings is 1. The third kappa shape index (κ3) is 1.30. The van der Waals surface area contributed by atoms with Crippen molar-refractivity contribution >= 4 is 44.9 Å². The number of anilines is 1. The van der Waals surface area contributed by atoms with Crippen molar-refractivity contribution in [1.82, 2.24) is 4.98 Å². The van der Waals surface area contributed by atoms with E-state index in [1.165, 1.54) is 0 Å². The molecule has 1 heterocycles. The van der Waals surface area contributed by atoms with Gasteiger partial charge in [-0.05, 0) is 34.1 Å². The summed E-state index contributed by atoms with van der Waals surface area (Å²) in [6.45, 7) is 0. The van der Waals surface area contributed by atoms with E-state index in [0.29, 0.717) is 0 Å². The van der Waals surface area contributed by atoms with Gasteiger partial charge in [-0.1, -0.05) is 0 Å². The third-order valence-corrected chi connectivity index (χ3v) is 2.58. The summed E-state index contributed by atoms with van der Waals surface area (Å²) in [6.07, 6.45) is 1.90. The number of rotatable bonds is 0. The average Bonchev–Trinajstić information content (AvgIpc) is 2.45. The molecule has 0 saturated carbocycles. The maximum Gasteiger partial charge on any atom is 0.0498 e. The van der Waals surface area contributed by atoms with Crippen molar-refractivity contribution in [3.63, 3.8) is 0 Å². The van der Waals surface area contributed by atoms with Crippen LogP contribution in [0.4, 0.5) is 5.69 Å². The van der Waals surface area contributed by atoms with Gasteiger partial charge in [-0.3, -0.25) is 0 Å². The standard InChI is InChI=1S/C8H7BrN2.ClH/c9-8-5-3-4-11-7(5)2-1-6(8)10;/h1-4,11H,10H2;1H. The number of nitrogens with two attached hydrogens (primary N) is 1. The fourth-order valence-electron chi connectivity index (χ4n) is 1.11. The van der Waals surface area contributed by atoms with Crippen molar-refractivity contribution in [2.75, 3.05) is 5.73 Å². The zero-order chi connectivity index (χ0) is 7.84. The van der Waals surface area contributed by atoms with Crippen LogP contribution in [-0.2, 0) is 0 Å². The van der Waals surface area contributed by atoms with E-state index in [-0.39, 0.29) is 12.4 Å². The molecule has 1 aromatic carbocycles. The summed E-state index contributed by atoms with van der Waals surface area (Å²) in [5.74, 6) is 0. The molecule has 2 nitrogen and oxygen atoms in total. The fraction of sp³-hybridized carbons (Fsp3) is 0. The SMILES string of the molecule is Cl.Nc1ccc2[nH]ccc2c1Br. The van der Waals surface area contributed by atoms with Crippen molar-refractivity contribution in [2.24, 2.45) is 0 Å². The van der Waals surface area contributed by atoms with E-state index in [0.717, 1.165) is 21.1 Å². The number of H-pyrrole nitrogens is 1. The van der Waals surface area contributed by atoms with E-state index in [2.05, 4.69) is 20.9 Å². The summed E-state index contributed by atoms with van der Waals surface area (Å²) in [5, 5.41) is 1.13.